The summed E-state index contributed by atoms with van der Waals surface area (Å²) >= 11 is 0. The van der Waals surface area contributed by atoms with Gasteiger partial charge in [0.05, 0.1) is 0 Å². The molecule has 1 heterocycles. The van der Waals surface area contributed by atoms with Crippen molar-refractivity contribution in [3.8, 4) is 11.5 Å². The van der Waals surface area contributed by atoms with Crippen molar-refractivity contribution < 1.29 is 9.47 Å². The zero-order chi connectivity index (χ0) is 12.8. The first-order valence-electron chi connectivity index (χ1n) is 6.78. The van der Waals surface area contributed by atoms with Crippen LogP contribution in [0.2, 0.25) is 0 Å². The Hall–Kier alpha value is -1.22. The fourth-order valence-corrected chi connectivity index (χ4v) is 3.51. The highest BCUT2D eigenvalue weighted by molar-refractivity contribution is 5.58. The Labute approximate surface area is 108 Å². The molecule has 0 bridgehead atoms. The molecule has 1 aromatic rings. The normalized spacial score (nSPS) is 20.4. The van der Waals surface area contributed by atoms with Crippen molar-refractivity contribution >= 4 is 0 Å². The summed E-state index contributed by atoms with van der Waals surface area (Å²) in [5.41, 5.74) is 10.1. The summed E-state index contributed by atoms with van der Waals surface area (Å²) in [5.74, 6) is 1.85. The predicted octanol–water partition coefficient (Wildman–Crippen LogP) is 2.80. The number of ether oxygens (including phenoxy) is 2. The number of benzene rings is 1. The molecule has 1 saturated carbocycles. The van der Waals surface area contributed by atoms with Crippen LogP contribution in [0.5, 0.6) is 11.5 Å². The van der Waals surface area contributed by atoms with Crippen molar-refractivity contribution in [2.45, 2.75) is 44.9 Å². The molecule has 0 atom stereocenters. The third-order valence-corrected chi connectivity index (χ3v) is 4.66. The van der Waals surface area contributed by atoms with Gasteiger partial charge in [-0.05, 0) is 43.9 Å². The second kappa shape index (κ2) is 4.16. The quantitative estimate of drug-likeness (QED) is 0.874. The Balaban J connectivity index is 2.21. The minimum absolute atomic E-state index is 0.105. The molecule has 18 heavy (non-hydrogen) atoms. The third-order valence-electron chi connectivity index (χ3n) is 4.66. The molecule has 3 rings (SSSR count). The van der Waals surface area contributed by atoms with E-state index in [4.69, 9.17) is 15.2 Å². The van der Waals surface area contributed by atoms with Crippen LogP contribution in [0, 0.1) is 13.8 Å². The van der Waals surface area contributed by atoms with Crippen LogP contribution < -0.4 is 15.2 Å². The maximum absolute atomic E-state index is 6.12. The van der Waals surface area contributed by atoms with E-state index in [1.807, 2.05) is 0 Å². The molecule has 3 heteroatoms. The van der Waals surface area contributed by atoms with Gasteiger partial charge in [0.25, 0.3) is 0 Å². The number of fused-ring (bicyclic) bond motifs is 1. The van der Waals surface area contributed by atoms with E-state index in [2.05, 4.69) is 19.9 Å². The van der Waals surface area contributed by atoms with Crippen LogP contribution in [0.3, 0.4) is 0 Å². The Morgan fingerprint density at radius 1 is 1.22 bits per heavy atom. The average molecular weight is 247 g/mol. The topological polar surface area (TPSA) is 44.5 Å². The van der Waals surface area contributed by atoms with Gasteiger partial charge in [0.1, 0.15) is 0 Å². The number of rotatable bonds is 2. The molecule has 0 radical (unpaired) electrons. The minimum atomic E-state index is 0.105. The summed E-state index contributed by atoms with van der Waals surface area (Å²) in [6.07, 6.45) is 4.87. The fraction of sp³-hybridized carbons (Fsp3) is 0.600. The van der Waals surface area contributed by atoms with Gasteiger partial charge in [-0.2, -0.15) is 0 Å². The summed E-state index contributed by atoms with van der Waals surface area (Å²) in [5, 5.41) is 0. The van der Waals surface area contributed by atoms with Crippen molar-refractivity contribution in [1.82, 2.24) is 0 Å². The summed E-state index contributed by atoms with van der Waals surface area (Å²) in [6, 6.07) is 2.08. The highest BCUT2D eigenvalue weighted by Gasteiger charge is 2.40. The van der Waals surface area contributed by atoms with E-state index in [1.165, 1.54) is 42.4 Å². The highest BCUT2D eigenvalue weighted by atomic mass is 16.7. The van der Waals surface area contributed by atoms with Crippen LogP contribution in [0.25, 0.3) is 0 Å². The SMILES string of the molecule is Cc1cc2c(c(C3(CN)CCCC3)c1C)OCO2. The molecule has 0 saturated heterocycles. The lowest BCUT2D eigenvalue weighted by Gasteiger charge is -2.31. The largest absolute Gasteiger partial charge is 0.454 e. The van der Waals surface area contributed by atoms with Gasteiger partial charge in [0.15, 0.2) is 11.5 Å². The molecule has 1 aliphatic carbocycles. The van der Waals surface area contributed by atoms with E-state index in [9.17, 15) is 0 Å². The first-order chi connectivity index (χ1) is 8.68. The second-order valence-electron chi connectivity index (χ2n) is 5.62. The van der Waals surface area contributed by atoms with Crippen LogP contribution in [0.1, 0.15) is 42.4 Å². The highest BCUT2D eigenvalue weighted by Crippen LogP contribution is 2.50. The minimum Gasteiger partial charge on any atom is -0.454 e. The van der Waals surface area contributed by atoms with E-state index in [1.54, 1.807) is 0 Å². The predicted molar refractivity (Wildman–Crippen MR) is 71.2 cm³/mol. The molecule has 0 spiro atoms. The number of hydrogen-bond acceptors (Lipinski definition) is 3. The maximum atomic E-state index is 6.12. The lowest BCUT2D eigenvalue weighted by Crippen LogP contribution is -2.33. The van der Waals surface area contributed by atoms with Crippen molar-refractivity contribution in [3.63, 3.8) is 0 Å². The van der Waals surface area contributed by atoms with Crippen LogP contribution >= 0.6 is 0 Å². The van der Waals surface area contributed by atoms with Gasteiger partial charge in [0.2, 0.25) is 6.79 Å². The van der Waals surface area contributed by atoms with Crippen LogP contribution in [0.15, 0.2) is 6.07 Å². The summed E-state index contributed by atoms with van der Waals surface area (Å²) in [6.45, 7) is 5.36. The molecule has 0 unspecified atom stereocenters. The Bertz CT molecular complexity index is 476. The molecule has 1 aliphatic heterocycles. The second-order valence-corrected chi connectivity index (χ2v) is 5.62. The van der Waals surface area contributed by atoms with E-state index >= 15 is 0 Å². The van der Waals surface area contributed by atoms with E-state index < -0.39 is 0 Å². The van der Waals surface area contributed by atoms with Gasteiger partial charge in [-0.15, -0.1) is 0 Å². The molecule has 1 fully saturated rings. The van der Waals surface area contributed by atoms with E-state index in [-0.39, 0.29) is 5.41 Å². The Morgan fingerprint density at radius 3 is 2.61 bits per heavy atom. The van der Waals surface area contributed by atoms with Gasteiger partial charge in [-0.25, -0.2) is 0 Å². The van der Waals surface area contributed by atoms with Gasteiger partial charge in [0, 0.05) is 17.5 Å². The zero-order valence-corrected chi connectivity index (χ0v) is 11.2. The first-order valence-corrected chi connectivity index (χ1v) is 6.78. The van der Waals surface area contributed by atoms with Gasteiger partial charge in [-0.3, -0.25) is 0 Å². The zero-order valence-electron chi connectivity index (χ0n) is 11.2. The third kappa shape index (κ3) is 1.53. The van der Waals surface area contributed by atoms with Gasteiger partial charge in [-0.1, -0.05) is 12.8 Å². The number of aryl methyl sites for hydroxylation is 1. The molecule has 0 aromatic heterocycles. The fourth-order valence-electron chi connectivity index (χ4n) is 3.51. The molecule has 2 aliphatic rings. The number of nitrogens with two attached hydrogens (primary N) is 1. The first kappa shape index (κ1) is 11.8. The average Bonchev–Trinajstić information content (AvgIpc) is 3.00. The molecular formula is C15H21NO2. The van der Waals surface area contributed by atoms with Crippen LogP contribution in [-0.2, 0) is 5.41 Å². The van der Waals surface area contributed by atoms with Crippen LogP contribution in [-0.4, -0.2) is 13.3 Å². The standard InChI is InChI=1S/C15H21NO2/c1-10-7-12-14(18-9-17-12)13(11(10)2)15(8-16)5-3-4-6-15/h7H,3-6,8-9,16H2,1-2H3. The Morgan fingerprint density at radius 2 is 1.94 bits per heavy atom. The molecule has 0 amide bonds. The summed E-state index contributed by atoms with van der Waals surface area (Å²) in [4.78, 5) is 0. The molecule has 2 N–H and O–H groups in total. The van der Waals surface area contributed by atoms with Crippen molar-refractivity contribution in [3.05, 3.63) is 22.8 Å². The summed E-state index contributed by atoms with van der Waals surface area (Å²) < 4.78 is 11.3. The lowest BCUT2D eigenvalue weighted by atomic mass is 9.75. The molecule has 98 valence electrons. The summed E-state index contributed by atoms with van der Waals surface area (Å²) in [7, 11) is 0. The van der Waals surface area contributed by atoms with Crippen molar-refractivity contribution in [2.75, 3.05) is 13.3 Å². The molecular weight excluding hydrogens is 226 g/mol. The van der Waals surface area contributed by atoms with E-state index in [0.29, 0.717) is 13.3 Å². The van der Waals surface area contributed by atoms with Crippen molar-refractivity contribution in [1.29, 1.82) is 0 Å². The van der Waals surface area contributed by atoms with Crippen molar-refractivity contribution in [2.24, 2.45) is 5.73 Å². The van der Waals surface area contributed by atoms with E-state index in [0.717, 1.165) is 11.5 Å². The van der Waals surface area contributed by atoms with Crippen LogP contribution in [0.4, 0.5) is 0 Å². The monoisotopic (exact) mass is 247 g/mol. The molecule has 3 nitrogen and oxygen atoms in total. The maximum Gasteiger partial charge on any atom is 0.231 e. The number of hydrogen-bond donors (Lipinski definition) is 1. The van der Waals surface area contributed by atoms with Gasteiger partial charge >= 0.3 is 0 Å². The Kier molecular flexibility index (Phi) is 2.74. The van der Waals surface area contributed by atoms with Gasteiger partial charge < -0.3 is 15.2 Å². The smallest absolute Gasteiger partial charge is 0.231 e. The molecule has 1 aromatic carbocycles. The lowest BCUT2D eigenvalue weighted by molar-refractivity contribution is 0.172.